The summed E-state index contributed by atoms with van der Waals surface area (Å²) < 4.78 is 11.7. The van der Waals surface area contributed by atoms with E-state index in [1.165, 1.54) is 0 Å². The molecule has 2 rings (SSSR count). The highest BCUT2D eigenvalue weighted by molar-refractivity contribution is 5.89. The molecule has 0 saturated carbocycles. The third-order valence-electron chi connectivity index (χ3n) is 2.84. The minimum atomic E-state index is -0.370. The number of aromatic nitrogens is 3. The Bertz CT molecular complexity index is 615. The van der Waals surface area contributed by atoms with Gasteiger partial charge in [0.25, 0.3) is 0 Å². The number of anilines is 1. The van der Waals surface area contributed by atoms with Gasteiger partial charge in [-0.3, -0.25) is 0 Å². The Labute approximate surface area is 116 Å². The lowest BCUT2D eigenvalue weighted by molar-refractivity contribution is 0.0514. The first-order chi connectivity index (χ1) is 9.52. The van der Waals surface area contributed by atoms with Crippen LogP contribution in [-0.2, 0) is 18.3 Å². The van der Waals surface area contributed by atoms with Crippen molar-refractivity contribution in [3.63, 3.8) is 0 Å². The number of hydrogen-bond donors (Lipinski definition) is 1. The van der Waals surface area contributed by atoms with Crippen molar-refractivity contribution in [2.24, 2.45) is 7.05 Å². The fourth-order valence-electron chi connectivity index (χ4n) is 1.95. The lowest BCUT2D eigenvalue weighted by atomic mass is 10.3. The van der Waals surface area contributed by atoms with Crippen LogP contribution in [0.1, 0.15) is 34.6 Å². The predicted molar refractivity (Wildman–Crippen MR) is 72.5 cm³/mol. The van der Waals surface area contributed by atoms with Crippen molar-refractivity contribution >= 4 is 11.9 Å². The summed E-state index contributed by atoms with van der Waals surface area (Å²) in [6.45, 7) is 6.20. The third kappa shape index (κ3) is 2.81. The van der Waals surface area contributed by atoms with Gasteiger partial charge in [0, 0.05) is 13.1 Å². The number of carbonyl (C=O) groups excluding carboxylic acids is 1. The number of imidazole rings is 1. The maximum absolute atomic E-state index is 11.8. The highest BCUT2D eigenvalue weighted by Gasteiger charge is 2.19. The number of hydrogen-bond acceptors (Lipinski definition) is 6. The van der Waals surface area contributed by atoms with Gasteiger partial charge in [-0.2, -0.15) is 0 Å². The average Bonchev–Trinajstić information content (AvgIpc) is 2.91. The topological polar surface area (TPSA) is 82.2 Å². The van der Waals surface area contributed by atoms with E-state index in [9.17, 15) is 4.79 Å². The van der Waals surface area contributed by atoms with E-state index in [-0.39, 0.29) is 5.97 Å². The molecule has 0 aliphatic rings. The summed E-state index contributed by atoms with van der Waals surface area (Å²) in [5.41, 5.74) is 1.86. The molecule has 0 aliphatic heterocycles. The summed E-state index contributed by atoms with van der Waals surface area (Å²) in [7, 11) is 1.77. The number of aryl methyl sites for hydroxylation is 2. The molecule has 7 nitrogen and oxygen atoms in total. The Morgan fingerprint density at radius 1 is 1.50 bits per heavy atom. The highest BCUT2D eigenvalue weighted by atomic mass is 16.5. The lowest BCUT2D eigenvalue weighted by Gasteiger charge is -2.06. The van der Waals surface area contributed by atoms with Crippen LogP contribution in [0.4, 0.5) is 5.95 Å². The Kier molecular flexibility index (Phi) is 4.07. The molecule has 20 heavy (non-hydrogen) atoms. The third-order valence-corrected chi connectivity index (χ3v) is 2.84. The Balaban J connectivity index is 2.13. The summed E-state index contributed by atoms with van der Waals surface area (Å²) >= 11 is 0. The zero-order valence-corrected chi connectivity index (χ0v) is 12.1. The molecule has 0 amide bonds. The monoisotopic (exact) mass is 278 g/mol. The largest absolute Gasteiger partial charge is 0.461 e. The molecule has 0 spiro atoms. The first-order valence-electron chi connectivity index (χ1n) is 6.39. The van der Waals surface area contributed by atoms with Crippen LogP contribution in [0, 0.1) is 13.8 Å². The van der Waals surface area contributed by atoms with Gasteiger partial charge in [-0.05, 0) is 20.8 Å². The number of ether oxygens (including phenoxy) is 1. The van der Waals surface area contributed by atoms with Gasteiger partial charge in [0.05, 0.1) is 18.8 Å². The fourth-order valence-corrected chi connectivity index (χ4v) is 1.95. The van der Waals surface area contributed by atoms with Gasteiger partial charge >= 0.3 is 5.97 Å². The smallest absolute Gasteiger partial charge is 0.356 e. The molecule has 2 aromatic rings. The first kappa shape index (κ1) is 14.1. The number of esters is 1. The Hall–Kier alpha value is -2.31. The number of carbonyl (C=O) groups is 1. The normalized spacial score (nSPS) is 10.6. The van der Waals surface area contributed by atoms with Crippen molar-refractivity contribution in [2.75, 3.05) is 11.9 Å². The van der Waals surface area contributed by atoms with E-state index in [0.717, 1.165) is 11.5 Å². The number of nitrogens with zero attached hydrogens (tertiary/aromatic N) is 3. The molecule has 7 heteroatoms. The zero-order chi connectivity index (χ0) is 14.7. The SMILES string of the molecule is CCOC(=O)c1c(C)nc(NCc2cc(C)on2)n1C. The molecule has 0 aliphatic carbocycles. The molecule has 0 fully saturated rings. The molecule has 0 aromatic carbocycles. The minimum Gasteiger partial charge on any atom is -0.461 e. The fraction of sp³-hybridized carbons (Fsp3) is 0.462. The average molecular weight is 278 g/mol. The second kappa shape index (κ2) is 5.77. The van der Waals surface area contributed by atoms with E-state index in [0.29, 0.717) is 30.5 Å². The van der Waals surface area contributed by atoms with Gasteiger partial charge in [0.1, 0.15) is 11.5 Å². The highest BCUT2D eigenvalue weighted by Crippen LogP contribution is 2.16. The molecular weight excluding hydrogens is 260 g/mol. The van der Waals surface area contributed by atoms with Gasteiger partial charge in [0.2, 0.25) is 5.95 Å². The second-order valence-corrected chi connectivity index (χ2v) is 4.43. The van der Waals surface area contributed by atoms with Crippen LogP contribution < -0.4 is 5.32 Å². The molecule has 0 unspecified atom stereocenters. The standard InChI is InChI=1S/C13H18N4O3/c1-5-19-12(18)11-9(3)15-13(17(11)4)14-7-10-6-8(2)20-16-10/h6H,5,7H2,1-4H3,(H,14,15). The zero-order valence-electron chi connectivity index (χ0n) is 12.1. The second-order valence-electron chi connectivity index (χ2n) is 4.43. The Morgan fingerprint density at radius 2 is 2.25 bits per heavy atom. The minimum absolute atomic E-state index is 0.338. The molecule has 0 bridgehead atoms. The lowest BCUT2D eigenvalue weighted by Crippen LogP contribution is -2.13. The van der Waals surface area contributed by atoms with E-state index >= 15 is 0 Å². The quantitative estimate of drug-likeness (QED) is 0.840. The van der Waals surface area contributed by atoms with Crippen molar-refractivity contribution in [1.29, 1.82) is 0 Å². The van der Waals surface area contributed by atoms with E-state index in [1.54, 1.807) is 25.5 Å². The molecule has 0 saturated heterocycles. The van der Waals surface area contributed by atoms with Crippen LogP contribution in [0.5, 0.6) is 0 Å². The van der Waals surface area contributed by atoms with Crippen LogP contribution in [0.2, 0.25) is 0 Å². The van der Waals surface area contributed by atoms with Gasteiger partial charge < -0.3 is 19.1 Å². The van der Waals surface area contributed by atoms with Crippen LogP contribution in [0.25, 0.3) is 0 Å². The van der Waals surface area contributed by atoms with Gasteiger partial charge in [-0.25, -0.2) is 9.78 Å². The summed E-state index contributed by atoms with van der Waals surface area (Å²) in [5.74, 6) is 0.974. The predicted octanol–water partition coefficient (Wildman–Crippen LogP) is 1.81. The molecule has 108 valence electrons. The molecule has 1 N–H and O–H groups in total. The van der Waals surface area contributed by atoms with Crippen molar-refractivity contribution in [1.82, 2.24) is 14.7 Å². The molecular formula is C13H18N4O3. The molecule has 2 heterocycles. The van der Waals surface area contributed by atoms with E-state index in [2.05, 4.69) is 15.5 Å². The van der Waals surface area contributed by atoms with Crippen molar-refractivity contribution in [2.45, 2.75) is 27.3 Å². The van der Waals surface area contributed by atoms with E-state index < -0.39 is 0 Å². The maximum Gasteiger partial charge on any atom is 0.356 e. The summed E-state index contributed by atoms with van der Waals surface area (Å²) in [6, 6.07) is 1.84. The van der Waals surface area contributed by atoms with Gasteiger partial charge in [0.15, 0.2) is 5.69 Å². The molecule has 0 atom stereocenters. The van der Waals surface area contributed by atoms with Crippen LogP contribution in [-0.4, -0.2) is 27.3 Å². The van der Waals surface area contributed by atoms with Gasteiger partial charge in [-0.1, -0.05) is 5.16 Å². The van der Waals surface area contributed by atoms with Crippen molar-refractivity contribution < 1.29 is 14.1 Å². The maximum atomic E-state index is 11.8. The van der Waals surface area contributed by atoms with Crippen LogP contribution >= 0.6 is 0 Å². The molecule has 2 aromatic heterocycles. The van der Waals surface area contributed by atoms with Crippen molar-refractivity contribution in [3.8, 4) is 0 Å². The Morgan fingerprint density at radius 3 is 2.85 bits per heavy atom. The summed E-state index contributed by atoms with van der Waals surface area (Å²) in [6.07, 6.45) is 0. The molecule has 0 radical (unpaired) electrons. The van der Waals surface area contributed by atoms with Crippen LogP contribution in [0.15, 0.2) is 10.6 Å². The van der Waals surface area contributed by atoms with Crippen molar-refractivity contribution in [3.05, 3.63) is 28.9 Å². The summed E-state index contributed by atoms with van der Waals surface area (Å²) in [4.78, 5) is 16.2. The van der Waals surface area contributed by atoms with E-state index in [4.69, 9.17) is 9.26 Å². The summed E-state index contributed by atoms with van der Waals surface area (Å²) in [5, 5.41) is 7.01. The first-order valence-corrected chi connectivity index (χ1v) is 6.39. The number of rotatable bonds is 5. The number of nitrogens with one attached hydrogen (secondary N) is 1. The van der Waals surface area contributed by atoms with Crippen LogP contribution in [0.3, 0.4) is 0 Å². The van der Waals surface area contributed by atoms with E-state index in [1.807, 2.05) is 13.0 Å². The van der Waals surface area contributed by atoms with Gasteiger partial charge in [-0.15, -0.1) is 0 Å².